The fourth-order valence-corrected chi connectivity index (χ4v) is 1.83. The lowest BCUT2D eigenvalue weighted by Crippen LogP contribution is -2.04. The van der Waals surface area contributed by atoms with E-state index in [1.54, 1.807) is 0 Å². The number of rotatable bonds is 3. The molecule has 0 fully saturated rings. The minimum Gasteiger partial charge on any atom is -0.478 e. The van der Waals surface area contributed by atoms with Gasteiger partial charge >= 0.3 is 12.1 Å². The molecule has 22 heavy (non-hydrogen) atoms. The van der Waals surface area contributed by atoms with Crippen LogP contribution in [0, 0.1) is 5.82 Å². The molecule has 1 N–H and O–H groups in total. The van der Waals surface area contributed by atoms with Crippen LogP contribution in [-0.2, 0) is 11.0 Å². The van der Waals surface area contributed by atoms with Gasteiger partial charge < -0.3 is 5.11 Å². The Morgan fingerprint density at radius 3 is 1.95 bits per heavy atom. The molecule has 2 rings (SSSR count). The molecule has 0 unspecified atom stereocenters. The van der Waals surface area contributed by atoms with Crippen molar-refractivity contribution >= 4 is 17.6 Å². The summed E-state index contributed by atoms with van der Waals surface area (Å²) in [6.45, 7) is 0. The van der Waals surface area contributed by atoms with E-state index in [2.05, 4.69) is 0 Å². The summed E-state index contributed by atoms with van der Waals surface area (Å²) in [6.07, 6.45) is -3.22. The maximum absolute atomic E-state index is 12.9. The topological polar surface area (TPSA) is 37.3 Å². The Labute approximate surface area is 123 Å². The Morgan fingerprint density at radius 2 is 1.50 bits per heavy atom. The Balaban J connectivity index is 2.38. The molecule has 0 saturated heterocycles. The van der Waals surface area contributed by atoms with Crippen molar-refractivity contribution in [2.75, 3.05) is 0 Å². The van der Waals surface area contributed by atoms with E-state index >= 15 is 0 Å². The maximum atomic E-state index is 12.9. The van der Waals surface area contributed by atoms with E-state index in [0.717, 1.165) is 24.3 Å². The van der Waals surface area contributed by atoms with E-state index in [1.165, 1.54) is 30.3 Å². The molecule has 114 valence electrons. The van der Waals surface area contributed by atoms with E-state index < -0.39 is 23.5 Å². The molecule has 0 aliphatic heterocycles. The third-order valence-corrected chi connectivity index (χ3v) is 2.93. The summed E-state index contributed by atoms with van der Waals surface area (Å²) in [4.78, 5) is 11.3. The van der Waals surface area contributed by atoms with Gasteiger partial charge in [-0.25, -0.2) is 9.18 Å². The first kappa shape index (κ1) is 15.8. The van der Waals surface area contributed by atoms with Gasteiger partial charge in [-0.3, -0.25) is 0 Å². The largest absolute Gasteiger partial charge is 0.478 e. The monoisotopic (exact) mass is 310 g/mol. The predicted molar refractivity (Wildman–Crippen MR) is 73.4 cm³/mol. The van der Waals surface area contributed by atoms with Crippen LogP contribution in [0.5, 0.6) is 0 Å². The zero-order valence-electron chi connectivity index (χ0n) is 11.1. The molecule has 6 heteroatoms. The van der Waals surface area contributed by atoms with Crippen molar-refractivity contribution < 1.29 is 27.5 Å². The zero-order valence-corrected chi connectivity index (χ0v) is 11.1. The Morgan fingerprint density at radius 1 is 0.955 bits per heavy atom. The standard InChI is InChI=1S/C16H10F4O2/c17-13-7-3-11(4-8-13)14(15(21)22)9-10-1-5-12(6-2-10)16(18,19)20/h1-9H,(H,21,22)/b14-9+. The van der Waals surface area contributed by atoms with Crippen LogP contribution >= 0.6 is 0 Å². The second-order valence-corrected chi connectivity index (χ2v) is 4.49. The number of aliphatic carboxylic acids is 1. The van der Waals surface area contributed by atoms with Gasteiger partial charge in [0.25, 0.3) is 0 Å². The maximum Gasteiger partial charge on any atom is 0.416 e. The van der Waals surface area contributed by atoms with Gasteiger partial charge in [-0.15, -0.1) is 0 Å². The van der Waals surface area contributed by atoms with Gasteiger partial charge in [-0.2, -0.15) is 13.2 Å². The van der Waals surface area contributed by atoms with Crippen molar-refractivity contribution in [1.82, 2.24) is 0 Å². The lowest BCUT2D eigenvalue weighted by molar-refractivity contribution is -0.137. The van der Waals surface area contributed by atoms with E-state index in [1.807, 2.05) is 0 Å². The second-order valence-electron chi connectivity index (χ2n) is 4.49. The Bertz CT molecular complexity index is 698. The van der Waals surface area contributed by atoms with Gasteiger partial charge in [0.2, 0.25) is 0 Å². The first-order valence-electron chi connectivity index (χ1n) is 6.15. The number of carbonyl (C=O) groups is 1. The molecule has 0 aliphatic carbocycles. The number of carboxylic acids is 1. The number of hydrogen-bond donors (Lipinski definition) is 1. The van der Waals surface area contributed by atoms with Crippen LogP contribution in [0.1, 0.15) is 16.7 Å². The fourth-order valence-electron chi connectivity index (χ4n) is 1.83. The molecule has 2 aromatic rings. The number of hydrogen-bond acceptors (Lipinski definition) is 1. The highest BCUT2D eigenvalue weighted by Crippen LogP contribution is 2.29. The Kier molecular flexibility index (Phi) is 4.30. The fraction of sp³-hybridized carbons (Fsp3) is 0.0625. The molecular formula is C16H10F4O2. The van der Waals surface area contributed by atoms with Gasteiger partial charge in [0.1, 0.15) is 5.82 Å². The summed E-state index contributed by atoms with van der Waals surface area (Å²) in [7, 11) is 0. The first-order chi connectivity index (χ1) is 10.3. The van der Waals surface area contributed by atoms with E-state index in [9.17, 15) is 27.5 Å². The third kappa shape index (κ3) is 3.72. The summed E-state index contributed by atoms with van der Waals surface area (Å²) in [5, 5.41) is 9.20. The van der Waals surface area contributed by atoms with Crippen molar-refractivity contribution in [3.8, 4) is 0 Å². The van der Waals surface area contributed by atoms with Crippen LogP contribution in [-0.4, -0.2) is 11.1 Å². The summed E-state index contributed by atoms with van der Waals surface area (Å²) >= 11 is 0. The van der Waals surface area contributed by atoms with Gasteiger partial charge in [0.05, 0.1) is 11.1 Å². The Hall–Kier alpha value is -2.63. The lowest BCUT2D eigenvalue weighted by Gasteiger charge is -2.07. The van der Waals surface area contributed by atoms with Gasteiger partial charge in [0.15, 0.2) is 0 Å². The number of benzene rings is 2. The molecule has 0 saturated carbocycles. The van der Waals surface area contributed by atoms with Crippen LogP contribution in [0.25, 0.3) is 11.6 Å². The molecule has 2 aromatic carbocycles. The van der Waals surface area contributed by atoms with Crippen LogP contribution < -0.4 is 0 Å². The highest BCUT2D eigenvalue weighted by Gasteiger charge is 2.29. The quantitative estimate of drug-likeness (QED) is 0.516. The minimum absolute atomic E-state index is 0.139. The summed E-state index contributed by atoms with van der Waals surface area (Å²) < 4.78 is 50.3. The number of carboxylic acid groups (broad SMARTS) is 1. The predicted octanol–water partition coefficient (Wildman–Crippen LogP) is 4.47. The minimum atomic E-state index is -4.45. The average Bonchev–Trinajstić information content (AvgIpc) is 2.45. The first-order valence-corrected chi connectivity index (χ1v) is 6.15. The normalized spacial score (nSPS) is 12.3. The van der Waals surface area contributed by atoms with Crippen LogP contribution in [0.3, 0.4) is 0 Å². The molecule has 0 bridgehead atoms. The number of alkyl halides is 3. The third-order valence-electron chi connectivity index (χ3n) is 2.93. The van der Waals surface area contributed by atoms with Crippen molar-refractivity contribution in [3.05, 3.63) is 71.0 Å². The zero-order chi connectivity index (χ0) is 16.3. The highest BCUT2D eigenvalue weighted by atomic mass is 19.4. The summed E-state index contributed by atoms with van der Waals surface area (Å²) in [5.74, 6) is -1.77. The van der Waals surface area contributed by atoms with E-state index in [4.69, 9.17) is 0 Å². The molecule has 0 radical (unpaired) electrons. The highest BCUT2D eigenvalue weighted by molar-refractivity contribution is 6.20. The molecule has 0 atom stereocenters. The molecule has 0 heterocycles. The van der Waals surface area contributed by atoms with Crippen molar-refractivity contribution in [2.45, 2.75) is 6.18 Å². The second kappa shape index (κ2) is 6.01. The molecule has 2 nitrogen and oxygen atoms in total. The molecular weight excluding hydrogens is 300 g/mol. The van der Waals surface area contributed by atoms with Crippen molar-refractivity contribution in [2.24, 2.45) is 0 Å². The van der Waals surface area contributed by atoms with Gasteiger partial charge in [-0.05, 0) is 41.5 Å². The van der Waals surface area contributed by atoms with Crippen molar-refractivity contribution in [1.29, 1.82) is 0 Å². The molecule has 0 amide bonds. The molecule has 0 aliphatic rings. The van der Waals surface area contributed by atoms with Crippen LogP contribution in [0.2, 0.25) is 0 Å². The average molecular weight is 310 g/mol. The van der Waals surface area contributed by atoms with Crippen molar-refractivity contribution in [3.63, 3.8) is 0 Å². The smallest absolute Gasteiger partial charge is 0.416 e. The van der Waals surface area contributed by atoms with Crippen LogP contribution in [0.4, 0.5) is 17.6 Å². The summed E-state index contributed by atoms with van der Waals surface area (Å²) in [5.41, 5.74) is -0.397. The van der Waals surface area contributed by atoms with Gasteiger partial charge in [0, 0.05) is 0 Å². The molecule has 0 spiro atoms. The van der Waals surface area contributed by atoms with Gasteiger partial charge in [-0.1, -0.05) is 24.3 Å². The van der Waals surface area contributed by atoms with E-state index in [0.29, 0.717) is 5.56 Å². The molecule has 0 aromatic heterocycles. The summed E-state index contributed by atoms with van der Waals surface area (Å²) in [6, 6.07) is 8.90. The SMILES string of the molecule is O=C(O)/C(=C/c1ccc(C(F)(F)F)cc1)c1ccc(F)cc1. The van der Waals surface area contributed by atoms with Crippen LogP contribution in [0.15, 0.2) is 48.5 Å². The van der Waals surface area contributed by atoms with E-state index in [-0.39, 0.29) is 11.1 Å². The lowest BCUT2D eigenvalue weighted by atomic mass is 10.0. The number of halogens is 4.